The van der Waals surface area contributed by atoms with Crippen molar-refractivity contribution in [1.29, 1.82) is 0 Å². The fourth-order valence-electron chi connectivity index (χ4n) is 3.67. The zero-order valence-electron chi connectivity index (χ0n) is 18.9. The summed E-state index contributed by atoms with van der Waals surface area (Å²) in [6.45, 7) is 11.0. The van der Waals surface area contributed by atoms with Crippen LogP contribution in [0.2, 0.25) is 0 Å². The Balaban J connectivity index is 1.98. The molecule has 1 aliphatic heterocycles. The van der Waals surface area contributed by atoms with Gasteiger partial charge in [0.2, 0.25) is 0 Å². The first-order valence-electron chi connectivity index (χ1n) is 10.7. The monoisotopic (exact) mass is 468 g/mol. The molecule has 1 fully saturated rings. The van der Waals surface area contributed by atoms with E-state index in [1.165, 1.54) is 11.3 Å². The largest absolute Gasteiger partial charge is 0.465 e. The molecule has 8 nitrogen and oxygen atoms in total. The van der Waals surface area contributed by atoms with Gasteiger partial charge in [0.15, 0.2) is 16.4 Å². The number of furan rings is 1. The summed E-state index contributed by atoms with van der Waals surface area (Å²) in [5.74, 6) is 0.525. The summed E-state index contributed by atoms with van der Waals surface area (Å²) in [5.41, 5.74) is 5.83. The maximum atomic E-state index is 14.3. The lowest BCUT2D eigenvalue weighted by Crippen LogP contribution is -2.50. The Morgan fingerprint density at radius 1 is 1.39 bits per heavy atom. The minimum absolute atomic E-state index is 0.257. The van der Waals surface area contributed by atoms with Crippen LogP contribution in [0.15, 0.2) is 16.5 Å². The lowest BCUT2D eigenvalue weighted by molar-refractivity contribution is -0.148. The Morgan fingerprint density at radius 2 is 2.06 bits per heavy atom. The number of hydrogen-bond acceptors (Lipinski definition) is 7. The summed E-state index contributed by atoms with van der Waals surface area (Å²) >= 11 is 1.45. The molecule has 0 spiro atoms. The molecule has 10 heteroatoms. The van der Waals surface area contributed by atoms with Gasteiger partial charge >= 0.3 is 5.97 Å². The highest BCUT2D eigenvalue weighted by Crippen LogP contribution is 2.49. The molecule has 172 valence electrons. The van der Waals surface area contributed by atoms with Crippen LogP contribution in [-0.4, -0.2) is 40.9 Å². The standard InChI is InChI=1S/C21H33N4O4PS/c1-6-28-19(26)21(4,5)24-30(27,25-11-7-8-12-25)17-10-9-15(29-17)18-16(13-14(2)3)31-20(22)23-18/h9-10,14H,6-8,11-13H2,1-5H3,(H2,22,23)(H,24,27). The van der Waals surface area contributed by atoms with Crippen molar-refractivity contribution in [3.05, 3.63) is 17.0 Å². The maximum absolute atomic E-state index is 14.3. The first-order valence-corrected chi connectivity index (χ1v) is 13.2. The zero-order chi connectivity index (χ0) is 22.8. The number of aromatic nitrogens is 1. The molecule has 1 aliphatic rings. The summed E-state index contributed by atoms with van der Waals surface area (Å²) in [5, 5.41) is 3.58. The van der Waals surface area contributed by atoms with Gasteiger partial charge < -0.3 is 14.9 Å². The summed E-state index contributed by atoms with van der Waals surface area (Å²) in [6, 6.07) is 3.51. The van der Waals surface area contributed by atoms with E-state index in [2.05, 4.69) is 23.9 Å². The van der Waals surface area contributed by atoms with E-state index in [4.69, 9.17) is 14.9 Å². The van der Waals surface area contributed by atoms with E-state index < -0.39 is 19.0 Å². The number of carbonyl (C=O) groups excluding carboxylic acids is 1. The van der Waals surface area contributed by atoms with Crippen LogP contribution in [0, 0.1) is 5.92 Å². The first kappa shape index (κ1) is 24.0. The van der Waals surface area contributed by atoms with Gasteiger partial charge in [0.1, 0.15) is 11.2 Å². The predicted octanol–water partition coefficient (Wildman–Crippen LogP) is 4.03. The second kappa shape index (κ2) is 9.45. The highest BCUT2D eigenvalue weighted by atomic mass is 32.1. The number of nitrogens with one attached hydrogen (secondary N) is 1. The lowest BCUT2D eigenvalue weighted by Gasteiger charge is -2.33. The van der Waals surface area contributed by atoms with Crippen LogP contribution < -0.4 is 16.3 Å². The number of nitrogens with two attached hydrogens (primary N) is 1. The number of hydrogen-bond donors (Lipinski definition) is 2. The second-order valence-electron chi connectivity index (χ2n) is 8.75. The van der Waals surface area contributed by atoms with E-state index in [9.17, 15) is 9.36 Å². The fraction of sp³-hybridized carbons (Fsp3) is 0.619. The molecule has 1 unspecified atom stereocenters. The second-order valence-corrected chi connectivity index (χ2v) is 12.3. The molecule has 3 heterocycles. The Hall–Kier alpha value is -1.67. The molecule has 1 saturated heterocycles. The molecule has 31 heavy (non-hydrogen) atoms. The van der Waals surface area contributed by atoms with Gasteiger partial charge in [-0.05, 0) is 58.1 Å². The van der Waals surface area contributed by atoms with Crippen LogP contribution in [0.3, 0.4) is 0 Å². The Bertz CT molecular complexity index is 962. The van der Waals surface area contributed by atoms with Crippen molar-refractivity contribution in [2.75, 3.05) is 25.4 Å². The Morgan fingerprint density at radius 3 is 2.68 bits per heavy atom. The summed E-state index contributed by atoms with van der Waals surface area (Å²) in [4.78, 5) is 18.0. The third-order valence-corrected chi connectivity index (χ3v) is 8.93. The average Bonchev–Trinajstić information content (AvgIpc) is 3.42. The number of thiazole rings is 1. The number of rotatable bonds is 9. The molecule has 0 saturated carbocycles. The van der Waals surface area contributed by atoms with Gasteiger partial charge in [-0.2, -0.15) is 0 Å². The molecular weight excluding hydrogens is 435 g/mol. The summed E-state index contributed by atoms with van der Waals surface area (Å²) in [7, 11) is -3.39. The van der Waals surface area contributed by atoms with Crippen molar-refractivity contribution in [1.82, 2.24) is 14.7 Å². The van der Waals surface area contributed by atoms with Gasteiger partial charge in [0.25, 0.3) is 7.44 Å². The molecule has 0 amide bonds. The smallest absolute Gasteiger partial charge is 0.326 e. The SMILES string of the molecule is CCOC(=O)C(C)(C)NP(=O)(c1ccc(-c2nc(N)sc2CC(C)C)o1)N1CCCC1. The fourth-order valence-corrected chi connectivity index (χ4v) is 7.45. The quantitative estimate of drug-likeness (QED) is 0.419. The van der Waals surface area contributed by atoms with Crippen LogP contribution >= 0.6 is 18.8 Å². The van der Waals surface area contributed by atoms with E-state index in [0.717, 1.165) is 24.1 Å². The van der Waals surface area contributed by atoms with Crippen molar-refractivity contribution in [3.8, 4) is 11.5 Å². The van der Waals surface area contributed by atoms with Gasteiger partial charge in [0, 0.05) is 18.0 Å². The van der Waals surface area contributed by atoms with E-state index in [0.29, 0.717) is 41.1 Å². The number of nitrogen functional groups attached to an aromatic ring is 1. The van der Waals surface area contributed by atoms with Crippen LogP contribution in [0.1, 0.15) is 52.3 Å². The van der Waals surface area contributed by atoms with Crippen molar-refractivity contribution in [3.63, 3.8) is 0 Å². The third-order valence-electron chi connectivity index (χ3n) is 5.13. The molecule has 2 aromatic heterocycles. The van der Waals surface area contributed by atoms with Gasteiger partial charge in [0.05, 0.1) is 6.61 Å². The van der Waals surface area contributed by atoms with Crippen molar-refractivity contribution >= 4 is 35.4 Å². The summed E-state index contributed by atoms with van der Waals surface area (Å²) < 4.78 is 27.5. The van der Waals surface area contributed by atoms with E-state index in [1.54, 1.807) is 32.9 Å². The number of ether oxygens (including phenoxy) is 1. The number of nitrogens with zero attached hydrogens (tertiary/aromatic N) is 2. The maximum Gasteiger partial charge on any atom is 0.326 e. The Labute approximate surface area is 188 Å². The van der Waals surface area contributed by atoms with Gasteiger partial charge in [-0.15, -0.1) is 11.3 Å². The van der Waals surface area contributed by atoms with E-state index in [-0.39, 0.29) is 6.61 Å². The van der Waals surface area contributed by atoms with Crippen LogP contribution in [0.4, 0.5) is 5.13 Å². The van der Waals surface area contributed by atoms with E-state index in [1.807, 2.05) is 4.67 Å². The molecule has 0 aliphatic carbocycles. The minimum atomic E-state index is -3.39. The first-order chi connectivity index (χ1) is 14.6. The average molecular weight is 469 g/mol. The van der Waals surface area contributed by atoms with Crippen LogP contribution in [0.5, 0.6) is 0 Å². The van der Waals surface area contributed by atoms with Crippen LogP contribution in [-0.2, 0) is 20.5 Å². The number of anilines is 1. The zero-order valence-corrected chi connectivity index (χ0v) is 20.6. The predicted molar refractivity (Wildman–Crippen MR) is 125 cm³/mol. The molecular formula is C21H33N4O4PS. The van der Waals surface area contributed by atoms with Crippen LogP contribution in [0.25, 0.3) is 11.5 Å². The third kappa shape index (κ3) is 5.22. The molecule has 3 N–H and O–H groups in total. The summed E-state index contributed by atoms with van der Waals surface area (Å²) in [6.07, 6.45) is 2.72. The van der Waals surface area contributed by atoms with Crippen molar-refractivity contribution in [2.45, 2.75) is 59.4 Å². The topological polar surface area (TPSA) is 111 Å². The minimum Gasteiger partial charge on any atom is -0.465 e. The van der Waals surface area contributed by atoms with Gasteiger partial charge in [-0.25, -0.2) is 14.7 Å². The molecule has 2 aromatic rings. The molecule has 3 rings (SSSR count). The normalized spacial score (nSPS) is 17.2. The number of carbonyl (C=O) groups is 1. The lowest BCUT2D eigenvalue weighted by atomic mass is 10.1. The van der Waals surface area contributed by atoms with Gasteiger partial charge in [-0.3, -0.25) is 9.36 Å². The van der Waals surface area contributed by atoms with Crippen molar-refractivity contribution in [2.24, 2.45) is 5.92 Å². The van der Waals surface area contributed by atoms with E-state index >= 15 is 0 Å². The Kier molecular flexibility index (Phi) is 7.31. The van der Waals surface area contributed by atoms with Crippen molar-refractivity contribution < 1.29 is 18.5 Å². The number of esters is 1. The highest BCUT2D eigenvalue weighted by molar-refractivity contribution is 7.67. The highest BCUT2D eigenvalue weighted by Gasteiger charge is 2.44. The van der Waals surface area contributed by atoms with Gasteiger partial charge in [-0.1, -0.05) is 13.8 Å². The molecule has 0 aromatic carbocycles. The molecule has 0 radical (unpaired) electrons. The molecule has 0 bridgehead atoms. The molecule has 1 atom stereocenters.